The quantitative estimate of drug-likeness (QED) is 0.498. The molecule has 4 rings (SSSR count). The number of hydrogen-bond donors (Lipinski definition) is 0. The highest BCUT2D eigenvalue weighted by Crippen LogP contribution is 2.34. The van der Waals surface area contributed by atoms with Gasteiger partial charge in [-0.3, -0.25) is 4.57 Å². The van der Waals surface area contributed by atoms with E-state index in [9.17, 15) is 0 Å². The second kappa shape index (κ2) is 6.21. The summed E-state index contributed by atoms with van der Waals surface area (Å²) in [6.45, 7) is 2.11. The summed E-state index contributed by atoms with van der Waals surface area (Å²) >= 11 is 3.80. The van der Waals surface area contributed by atoms with Crippen LogP contribution in [0.5, 0.6) is 0 Å². The van der Waals surface area contributed by atoms with Crippen LogP contribution in [0.15, 0.2) is 71.5 Å². The Kier molecular flexibility index (Phi) is 3.90. The van der Waals surface area contributed by atoms with Crippen molar-refractivity contribution in [1.82, 2.24) is 14.5 Å². The molecule has 0 amide bonds. The van der Waals surface area contributed by atoms with Gasteiger partial charge in [-0.1, -0.05) is 48.0 Å². The number of hydrogen-bond acceptors (Lipinski definition) is 2. The van der Waals surface area contributed by atoms with Crippen molar-refractivity contribution in [3.63, 3.8) is 0 Å². The molecule has 118 valence electrons. The number of halogens is 1. The van der Waals surface area contributed by atoms with Crippen molar-refractivity contribution in [2.45, 2.75) is 13.3 Å². The molecule has 0 radical (unpaired) electrons. The Labute approximate surface area is 149 Å². The van der Waals surface area contributed by atoms with Crippen LogP contribution in [0.4, 0.5) is 0 Å². The molecule has 4 heteroatoms. The number of fused-ring (bicyclic) bond motifs is 1. The van der Waals surface area contributed by atoms with Gasteiger partial charge in [-0.05, 0) is 40.5 Å². The van der Waals surface area contributed by atoms with Crippen LogP contribution in [-0.2, 0) is 6.42 Å². The summed E-state index contributed by atoms with van der Waals surface area (Å²) in [6, 6.07) is 18.8. The largest absolute Gasteiger partial charge is 0.281 e. The Bertz CT molecular complexity index is 989. The summed E-state index contributed by atoms with van der Waals surface area (Å²) in [6.07, 6.45) is 4.37. The summed E-state index contributed by atoms with van der Waals surface area (Å²) in [5.74, 6) is 0.696. The maximum absolute atomic E-state index is 4.46. The normalized spacial score (nSPS) is 11.1. The fourth-order valence-electron chi connectivity index (χ4n) is 2.94. The van der Waals surface area contributed by atoms with Crippen LogP contribution in [-0.4, -0.2) is 14.5 Å². The van der Waals surface area contributed by atoms with Gasteiger partial charge in [-0.25, -0.2) is 9.97 Å². The molecule has 0 fully saturated rings. The Morgan fingerprint density at radius 3 is 2.38 bits per heavy atom. The summed E-state index contributed by atoms with van der Waals surface area (Å²) in [5, 5.41) is 1.17. The Morgan fingerprint density at radius 1 is 0.917 bits per heavy atom. The van der Waals surface area contributed by atoms with Crippen LogP contribution in [0.2, 0.25) is 0 Å². The lowest BCUT2D eigenvalue weighted by molar-refractivity contribution is 0.895. The molecule has 0 N–H and O–H groups in total. The van der Waals surface area contributed by atoms with E-state index in [2.05, 4.69) is 79.9 Å². The van der Waals surface area contributed by atoms with E-state index in [1.807, 2.05) is 12.1 Å². The van der Waals surface area contributed by atoms with E-state index in [0.717, 1.165) is 22.1 Å². The fraction of sp³-hybridized carbons (Fsp3) is 0.100. The highest BCUT2D eigenvalue weighted by Gasteiger charge is 2.18. The average Bonchev–Trinajstić information content (AvgIpc) is 2.90. The van der Waals surface area contributed by atoms with Gasteiger partial charge in [0.15, 0.2) is 0 Å². The molecule has 2 aromatic carbocycles. The third-order valence-corrected chi connectivity index (χ3v) is 5.03. The Morgan fingerprint density at radius 2 is 1.62 bits per heavy atom. The summed E-state index contributed by atoms with van der Waals surface area (Å²) in [5.41, 5.74) is 4.80. The molecule has 4 aromatic rings. The van der Waals surface area contributed by atoms with Crippen molar-refractivity contribution >= 4 is 26.8 Å². The van der Waals surface area contributed by atoms with Crippen LogP contribution in [0.1, 0.15) is 16.8 Å². The second-order valence-corrected chi connectivity index (χ2v) is 6.62. The van der Waals surface area contributed by atoms with Gasteiger partial charge in [0.2, 0.25) is 5.95 Å². The first-order valence-corrected chi connectivity index (χ1v) is 8.64. The molecule has 0 aliphatic heterocycles. The highest BCUT2D eigenvalue weighted by atomic mass is 79.9. The summed E-state index contributed by atoms with van der Waals surface area (Å²) < 4.78 is 3.24. The number of nitrogens with zero attached hydrogens (tertiary/aromatic N) is 3. The van der Waals surface area contributed by atoms with Crippen molar-refractivity contribution < 1.29 is 0 Å². The van der Waals surface area contributed by atoms with Gasteiger partial charge in [0, 0.05) is 34.4 Å². The van der Waals surface area contributed by atoms with Crippen molar-refractivity contribution in [2.75, 3.05) is 0 Å². The molecule has 0 aliphatic rings. The first kappa shape index (κ1) is 15.1. The van der Waals surface area contributed by atoms with Gasteiger partial charge >= 0.3 is 0 Å². The lowest BCUT2D eigenvalue weighted by atomic mass is 10.1. The SMILES string of the molecule is Cc1ccc(Cc2c(Br)c3ccccc3n2-c2ncccn2)cc1. The minimum atomic E-state index is 0.696. The van der Waals surface area contributed by atoms with Crippen LogP contribution >= 0.6 is 15.9 Å². The van der Waals surface area contributed by atoms with Crippen molar-refractivity contribution in [2.24, 2.45) is 0 Å². The van der Waals surface area contributed by atoms with Crippen molar-refractivity contribution in [3.05, 3.63) is 88.3 Å². The number of aromatic nitrogens is 3. The zero-order chi connectivity index (χ0) is 16.5. The zero-order valence-corrected chi connectivity index (χ0v) is 14.9. The molecule has 0 bridgehead atoms. The molecule has 2 heterocycles. The average molecular weight is 378 g/mol. The maximum Gasteiger partial charge on any atom is 0.234 e. The van der Waals surface area contributed by atoms with Gasteiger partial charge in [0.1, 0.15) is 0 Å². The van der Waals surface area contributed by atoms with E-state index in [-0.39, 0.29) is 0 Å². The van der Waals surface area contributed by atoms with Crippen LogP contribution in [0.3, 0.4) is 0 Å². The molecule has 3 nitrogen and oxygen atoms in total. The summed E-state index contributed by atoms with van der Waals surface area (Å²) in [4.78, 5) is 8.92. The smallest absolute Gasteiger partial charge is 0.234 e. The fourth-order valence-corrected chi connectivity index (χ4v) is 3.60. The molecule has 2 aromatic heterocycles. The number of para-hydroxylation sites is 1. The van der Waals surface area contributed by atoms with Gasteiger partial charge in [0.05, 0.1) is 5.52 Å². The van der Waals surface area contributed by atoms with Crippen LogP contribution < -0.4 is 0 Å². The lowest BCUT2D eigenvalue weighted by Gasteiger charge is -2.09. The standard InChI is InChI=1S/C20H16BrN3/c1-14-7-9-15(10-8-14)13-18-19(21)16-5-2-3-6-17(16)24(18)20-22-11-4-12-23-20/h2-12H,13H2,1H3. The van der Waals surface area contributed by atoms with E-state index in [4.69, 9.17) is 0 Å². The van der Waals surface area contributed by atoms with Crippen molar-refractivity contribution in [3.8, 4) is 5.95 Å². The molecule has 0 atom stereocenters. The molecule has 0 aliphatic carbocycles. The first-order valence-electron chi connectivity index (χ1n) is 7.85. The van der Waals surface area contributed by atoms with Gasteiger partial charge in [-0.2, -0.15) is 0 Å². The highest BCUT2D eigenvalue weighted by molar-refractivity contribution is 9.10. The van der Waals surface area contributed by atoms with E-state index in [0.29, 0.717) is 5.95 Å². The van der Waals surface area contributed by atoms with Gasteiger partial charge in [-0.15, -0.1) is 0 Å². The second-order valence-electron chi connectivity index (χ2n) is 5.82. The van der Waals surface area contributed by atoms with E-state index < -0.39 is 0 Å². The number of rotatable bonds is 3. The van der Waals surface area contributed by atoms with E-state index in [1.165, 1.54) is 16.5 Å². The minimum absolute atomic E-state index is 0.696. The topological polar surface area (TPSA) is 30.7 Å². The number of benzene rings is 2. The summed E-state index contributed by atoms with van der Waals surface area (Å²) in [7, 11) is 0. The zero-order valence-electron chi connectivity index (χ0n) is 13.3. The van der Waals surface area contributed by atoms with E-state index >= 15 is 0 Å². The van der Waals surface area contributed by atoms with Crippen LogP contribution in [0.25, 0.3) is 16.9 Å². The molecule has 0 spiro atoms. The maximum atomic E-state index is 4.46. The molecular weight excluding hydrogens is 362 g/mol. The van der Waals surface area contributed by atoms with Gasteiger partial charge < -0.3 is 0 Å². The Balaban J connectivity index is 1.93. The van der Waals surface area contributed by atoms with Crippen LogP contribution in [0, 0.1) is 6.92 Å². The molecule has 24 heavy (non-hydrogen) atoms. The lowest BCUT2D eigenvalue weighted by Crippen LogP contribution is -2.05. The number of aryl methyl sites for hydroxylation is 1. The minimum Gasteiger partial charge on any atom is -0.281 e. The predicted molar refractivity (Wildman–Crippen MR) is 101 cm³/mol. The third-order valence-electron chi connectivity index (χ3n) is 4.15. The third kappa shape index (κ3) is 2.63. The molecule has 0 saturated carbocycles. The Hall–Kier alpha value is -2.46. The molecule has 0 saturated heterocycles. The molecule has 0 unspecified atom stereocenters. The van der Waals surface area contributed by atoms with Crippen molar-refractivity contribution in [1.29, 1.82) is 0 Å². The monoisotopic (exact) mass is 377 g/mol. The predicted octanol–water partition coefficient (Wildman–Crippen LogP) is 5.08. The van der Waals surface area contributed by atoms with Gasteiger partial charge in [0.25, 0.3) is 0 Å². The molecular formula is C20H16BrN3. The van der Waals surface area contributed by atoms with E-state index in [1.54, 1.807) is 12.4 Å². The first-order chi connectivity index (χ1) is 11.7.